The van der Waals surface area contributed by atoms with Crippen LogP contribution in [0.3, 0.4) is 0 Å². The highest BCUT2D eigenvalue weighted by Gasteiger charge is 2.25. The minimum Gasteiger partial charge on any atom is -0.251 e. The molecule has 0 N–H and O–H groups in total. The van der Waals surface area contributed by atoms with Gasteiger partial charge >= 0.3 is 0 Å². The van der Waals surface area contributed by atoms with E-state index >= 15 is 0 Å². The molecule has 1 aromatic rings. The maximum absolute atomic E-state index is 4.73. The molecule has 5 nitrogen and oxygen atoms in total. The molecule has 0 saturated carbocycles. The van der Waals surface area contributed by atoms with E-state index in [-0.39, 0.29) is 12.1 Å². The van der Waals surface area contributed by atoms with Gasteiger partial charge in [-0.3, -0.25) is 9.98 Å². The van der Waals surface area contributed by atoms with Gasteiger partial charge in [0, 0.05) is 0 Å². The number of allylic oxidation sites excluding steroid dienone is 4. The van der Waals surface area contributed by atoms with Crippen LogP contribution in [0.1, 0.15) is 25.2 Å². The summed E-state index contributed by atoms with van der Waals surface area (Å²) in [6.45, 7) is 4.13. The van der Waals surface area contributed by atoms with Crippen LogP contribution in [0.15, 0.2) is 85.8 Å². The molecule has 2 unspecified atom stereocenters. The Morgan fingerprint density at radius 3 is 1.73 bits per heavy atom. The van der Waals surface area contributed by atoms with Crippen molar-refractivity contribution in [3.05, 3.63) is 77.2 Å². The van der Waals surface area contributed by atoms with Gasteiger partial charge < -0.3 is 0 Å². The van der Waals surface area contributed by atoms with Crippen molar-refractivity contribution in [2.75, 3.05) is 0 Å². The summed E-state index contributed by atoms with van der Waals surface area (Å²) in [4.78, 5) is 23.4. The quantitative estimate of drug-likeness (QED) is 0.816. The molecule has 4 aliphatic rings. The molecule has 0 amide bonds. The fourth-order valence-corrected chi connectivity index (χ4v) is 3.33. The third kappa shape index (κ3) is 2.52. The summed E-state index contributed by atoms with van der Waals surface area (Å²) < 4.78 is 0. The van der Waals surface area contributed by atoms with Gasteiger partial charge in [-0.15, -0.1) is 0 Å². The maximum atomic E-state index is 4.73. The summed E-state index contributed by atoms with van der Waals surface area (Å²) in [6.07, 6.45) is 12.4. The number of nitrogens with zero attached hydrogens (tertiary/aromatic N) is 5. The first-order valence-corrected chi connectivity index (χ1v) is 8.69. The molecule has 2 aliphatic carbocycles. The van der Waals surface area contributed by atoms with Gasteiger partial charge in [-0.05, 0) is 49.3 Å². The van der Waals surface area contributed by atoms with Crippen LogP contribution in [0, 0.1) is 0 Å². The van der Waals surface area contributed by atoms with Gasteiger partial charge in [-0.25, -0.2) is 15.0 Å². The van der Waals surface area contributed by atoms with Gasteiger partial charge in [0.2, 0.25) is 0 Å². The highest BCUT2D eigenvalue weighted by atomic mass is 15.1. The predicted octanol–water partition coefficient (Wildman–Crippen LogP) is 3.25. The Morgan fingerprint density at radius 1 is 0.731 bits per heavy atom. The van der Waals surface area contributed by atoms with Crippen LogP contribution in [-0.2, 0) is 0 Å². The minimum atomic E-state index is 0.00402. The van der Waals surface area contributed by atoms with E-state index < -0.39 is 0 Å². The Kier molecular flexibility index (Phi) is 3.28. The first-order chi connectivity index (χ1) is 12.7. The molecular formula is C21H17N5. The van der Waals surface area contributed by atoms with Crippen molar-refractivity contribution in [1.29, 1.82) is 0 Å². The highest BCUT2D eigenvalue weighted by molar-refractivity contribution is 6.19. The van der Waals surface area contributed by atoms with Crippen molar-refractivity contribution in [2.45, 2.75) is 25.9 Å². The van der Waals surface area contributed by atoms with Gasteiger partial charge in [0.15, 0.2) is 11.7 Å². The second kappa shape index (κ2) is 5.66. The Bertz CT molecular complexity index is 978. The number of hydrogen-bond donors (Lipinski definition) is 0. The molecule has 2 aliphatic heterocycles. The lowest BCUT2D eigenvalue weighted by Crippen LogP contribution is -2.12. The van der Waals surface area contributed by atoms with Crippen LogP contribution in [0.4, 0.5) is 0 Å². The summed E-state index contributed by atoms with van der Waals surface area (Å²) in [7, 11) is 0. The number of amidine groups is 2. The zero-order valence-corrected chi connectivity index (χ0v) is 14.6. The molecule has 5 rings (SSSR count). The van der Waals surface area contributed by atoms with E-state index in [0.29, 0.717) is 11.7 Å². The number of pyridine rings is 1. The van der Waals surface area contributed by atoms with E-state index in [2.05, 4.69) is 70.3 Å². The number of hydrogen-bond acceptors (Lipinski definition) is 5. The van der Waals surface area contributed by atoms with E-state index in [1.165, 1.54) is 11.1 Å². The SMILES string of the molecule is CC1=CC2=NC(c3cccc(C4=NC5C=CC(C)=CC5=N4)n3)=NC2C=C1. The van der Waals surface area contributed by atoms with Crippen molar-refractivity contribution in [3.63, 3.8) is 0 Å². The zero-order valence-electron chi connectivity index (χ0n) is 14.6. The van der Waals surface area contributed by atoms with Crippen LogP contribution in [0.2, 0.25) is 0 Å². The number of aromatic nitrogens is 1. The number of rotatable bonds is 2. The lowest BCUT2D eigenvalue weighted by Gasteiger charge is -2.07. The molecule has 0 spiro atoms. The van der Waals surface area contributed by atoms with Crippen molar-refractivity contribution in [1.82, 2.24) is 4.98 Å². The average molecular weight is 339 g/mol. The second-order valence-electron chi connectivity index (χ2n) is 6.77. The smallest absolute Gasteiger partial charge is 0.174 e. The Hall–Kier alpha value is -3.21. The molecule has 0 radical (unpaired) electrons. The van der Waals surface area contributed by atoms with Gasteiger partial charge in [0.1, 0.15) is 23.5 Å². The number of fused-ring (bicyclic) bond motifs is 2. The number of aliphatic imine (C=N–C) groups is 4. The average Bonchev–Trinajstić information content (AvgIpc) is 3.25. The van der Waals surface area contributed by atoms with Crippen molar-refractivity contribution < 1.29 is 0 Å². The summed E-state index contributed by atoms with van der Waals surface area (Å²) in [5.41, 5.74) is 5.83. The van der Waals surface area contributed by atoms with Gasteiger partial charge in [0.05, 0.1) is 11.4 Å². The maximum Gasteiger partial charge on any atom is 0.174 e. The van der Waals surface area contributed by atoms with Crippen LogP contribution in [0.5, 0.6) is 0 Å². The van der Waals surface area contributed by atoms with Crippen molar-refractivity contribution in [2.24, 2.45) is 20.0 Å². The standard InChI is InChI=1S/C21H17N5/c1-12-6-8-14-18(10-12)25-20(23-14)16-4-3-5-17(22-16)21-24-15-9-7-13(2)11-19(15)26-21/h3-11,14-15H,1-2H3. The zero-order chi connectivity index (χ0) is 17.7. The fourth-order valence-electron chi connectivity index (χ4n) is 3.33. The van der Waals surface area contributed by atoms with Crippen LogP contribution < -0.4 is 0 Å². The molecule has 126 valence electrons. The molecular weight excluding hydrogens is 322 g/mol. The molecule has 26 heavy (non-hydrogen) atoms. The van der Waals surface area contributed by atoms with Gasteiger partial charge in [-0.2, -0.15) is 0 Å². The second-order valence-corrected chi connectivity index (χ2v) is 6.77. The summed E-state index contributed by atoms with van der Waals surface area (Å²) in [6, 6.07) is 5.84. The largest absolute Gasteiger partial charge is 0.251 e. The normalized spacial score (nSPS) is 25.6. The topological polar surface area (TPSA) is 62.3 Å². The van der Waals surface area contributed by atoms with Crippen LogP contribution in [-0.4, -0.2) is 40.2 Å². The molecule has 5 heteroatoms. The predicted molar refractivity (Wildman–Crippen MR) is 106 cm³/mol. The summed E-state index contributed by atoms with van der Waals surface area (Å²) in [5.74, 6) is 1.34. The van der Waals surface area contributed by atoms with E-state index in [0.717, 1.165) is 22.8 Å². The fraction of sp³-hybridized carbons (Fsp3) is 0.190. The summed E-state index contributed by atoms with van der Waals surface area (Å²) in [5, 5.41) is 0. The Balaban J connectivity index is 1.48. The molecule has 2 atom stereocenters. The lowest BCUT2D eigenvalue weighted by atomic mass is 10.0. The van der Waals surface area contributed by atoms with Crippen LogP contribution in [0.25, 0.3) is 0 Å². The van der Waals surface area contributed by atoms with E-state index in [9.17, 15) is 0 Å². The molecule has 0 aromatic carbocycles. The van der Waals surface area contributed by atoms with Crippen molar-refractivity contribution in [3.8, 4) is 0 Å². The van der Waals surface area contributed by atoms with Crippen molar-refractivity contribution >= 4 is 23.1 Å². The Labute approximate surface area is 151 Å². The first-order valence-electron chi connectivity index (χ1n) is 8.69. The van der Waals surface area contributed by atoms with Crippen LogP contribution >= 0.6 is 0 Å². The Morgan fingerprint density at radius 2 is 1.23 bits per heavy atom. The monoisotopic (exact) mass is 339 g/mol. The molecule has 1 aromatic heterocycles. The highest BCUT2D eigenvalue weighted by Crippen LogP contribution is 2.21. The van der Waals surface area contributed by atoms with Gasteiger partial charge in [-0.1, -0.05) is 30.4 Å². The first kappa shape index (κ1) is 15.1. The molecule has 0 saturated heterocycles. The van der Waals surface area contributed by atoms with E-state index in [1.54, 1.807) is 0 Å². The third-order valence-electron chi connectivity index (χ3n) is 4.64. The molecule has 0 fully saturated rings. The van der Waals surface area contributed by atoms with Gasteiger partial charge in [0.25, 0.3) is 0 Å². The van der Waals surface area contributed by atoms with E-state index in [4.69, 9.17) is 4.98 Å². The lowest BCUT2D eigenvalue weighted by molar-refractivity contribution is 1.09. The summed E-state index contributed by atoms with van der Waals surface area (Å²) >= 11 is 0. The minimum absolute atomic E-state index is 0.00402. The molecule has 0 bridgehead atoms. The third-order valence-corrected chi connectivity index (χ3v) is 4.64. The van der Waals surface area contributed by atoms with E-state index in [1.807, 2.05) is 18.2 Å². The molecule has 3 heterocycles.